The first-order chi connectivity index (χ1) is 11.3. The van der Waals surface area contributed by atoms with Crippen LogP contribution in [0.2, 0.25) is 0 Å². The Morgan fingerprint density at radius 2 is 1.75 bits per heavy atom. The second-order valence-electron chi connectivity index (χ2n) is 7.60. The molecule has 7 N–H and O–H groups in total. The van der Waals surface area contributed by atoms with Crippen LogP contribution in [-0.2, 0) is 6.42 Å². The molecule has 5 nitrogen and oxygen atoms in total. The number of anilines is 2. The largest absolute Gasteiger partial charge is 0.485 e. The minimum absolute atomic E-state index is 0.515. The van der Waals surface area contributed by atoms with Crippen LogP contribution < -0.4 is 21.9 Å². The quantitative estimate of drug-likeness (QED) is 0.622. The van der Waals surface area contributed by atoms with Crippen LogP contribution >= 0.6 is 0 Å². The van der Waals surface area contributed by atoms with Crippen molar-refractivity contribution in [2.24, 2.45) is 11.7 Å². The van der Waals surface area contributed by atoms with E-state index in [0.29, 0.717) is 17.8 Å². The Labute approximate surface area is 145 Å². The summed E-state index contributed by atoms with van der Waals surface area (Å²) in [4.78, 5) is 0. The molecule has 1 aromatic rings. The van der Waals surface area contributed by atoms with Gasteiger partial charge in [-0.1, -0.05) is 32.1 Å². The number of aliphatic hydroxyl groups is 1. The maximum Gasteiger partial charge on any atom is 0.129 e. The van der Waals surface area contributed by atoms with Crippen molar-refractivity contribution in [3.8, 4) is 5.75 Å². The molecule has 1 fully saturated rings. The Morgan fingerprint density at radius 3 is 2.38 bits per heavy atom. The highest BCUT2D eigenvalue weighted by molar-refractivity contribution is 5.68. The van der Waals surface area contributed by atoms with Gasteiger partial charge in [-0.25, -0.2) is 0 Å². The van der Waals surface area contributed by atoms with Gasteiger partial charge in [0.1, 0.15) is 11.4 Å². The molecular formula is C19H33N3O2. The number of aliphatic hydroxyl groups excluding tert-OH is 1. The lowest BCUT2D eigenvalue weighted by atomic mass is 9.87. The van der Waals surface area contributed by atoms with Crippen LogP contribution in [0.4, 0.5) is 11.4 Å². The van der Waals surface area contributed by atoms with Crippen molar-refractivity contribution in [3.63, 3.8) is 0 Å². The van der Waals surface area contributed by atoms with E-state index in [2.05, 4.69) is 0 Å². The molecule has 1 aliphatic carbocycles. The predicted molar refractivity (Wildman–Crippen MR) is 99.9 cm³/mol. The molecule has 1 aromatic carbocycles. The van der Waals surface area contributed by atoms with E-state index in [0.717, 1.165) is 23.8 Å². The van der Waals surface area contributed by atoms with Gasteiger partial charge >= 0.3 is 0 Å². The van der Waals surface area contributed by atoms with Crippen LogP contribution in [0.15, 0.2) is 12.1 Å². The summed E-state index contributed by atoms with van der Waals surface area (Å²) in [6.07, 6.45) is 8.53. The van der Waals surface area contributed by atoms with Gasteiger partial charge in [-0.05, 0) is 44.4 Å². The summed E-state index contributed by atoms with van der Waals surface area (Å²) in [5, 5.41) is 9.85. The fourth-order valence-electron chi connectivity index (χ4n) is 3.43. The van der Waals surface area contributed by atoms with Crippen molar-refractivity contribution in [3.05, 3.63) is 17.7 Å². The van der Waals surface area contributed by atoms with Crippen LogP contribution in [0.25, 0.3) is 0 Å². The molecule has 0 aromatic heterocycles. The summed E-state index contributed by atoms with van der Waals surface area (Å²) < 4.78 is 5.68. The molecular weight excluding hydrogens is 302 g/mol. The molecule has 1 aliphatic heterocycles. The third-order valence-corrected chi connectivity index (χ3v) is 5.15. The molecule has 1 atom stereocenters. The minimum atomic E-state index is -0.574. The molecule has 24 heavy (non-hydrogen) atoms. The fraction of sp³-hybridized carbons (Fsp3) is 0.684. The van der Waals surface area contributed by atoms with Crippen molar-refractivity contribution < 1.29 is 9.84 Å². The van der Waals surface area contributed by atoms with Crippen molar-refractivity contribution >= 4 is 11.4 Å². The van der Waals surface area contributed by atoms with Crippen LogP contribution in [0.3, 0.4) is 0 Å². The van der Waals surface area contributed by atoms with E-state index in [1.54, 1.807) is 12.1 Å². The zero-order valence-corrected chi connectivity index (χ0v) is 15.1. The Hall–Kier alpha value is -1.46. The molecule has 1 heterocycles. The van der Waals surface area contributed by atoms with Gasteiger partial charge in [0.25, 0.3) is 0 Å². The number of hydrogen-bond acceptors (Lipinski definition) is 5. The Balaban J connectivity index is 0.000000198. The normalized spacial score (nSPS) is 22.8. The smallest absolute Gasteiger partial charge is 0.129 e. The van der Waals surface area contributed by atoms with Gasteiger partial charge in [-0.15, -0.1) is 0 Å². The third kappa shape index (κ3) is 4.77. The van der Waals surface area contributed by atoms with Crippen molar-refractivity contribution in [1.29, 1.82) is 0 Å². The minimum Gasteiger partial charge on any atom is -0.485 e. The number of nitrogens with two attached hydrogens (primary N) is 3. The number of nitrogen functional groups attached to an aromatic ring is 2. The first-order valence-electron chi connectivity index (χ1n) is 9.08. The molecule has 1 unspecified atom stereocenters. The highest BCUT2D eigenvalue weighted by Gasteiger charge is 2.35. The summed E-state index contributed by atoms with van der Waals surface area (Å²) in [5.41, 5.74) is 18.2. The molecule has 5 heteroatoms. The first-order valence-corrected chi connectivity index (χ1v) is 9.08. The van der Waals surface area contributed by atoms with E-state index in [1.807, 2.05) is 13.8 Å². The number of benzene rings is 1. The standard InChI is InChI=1S/C11H16N2O2.C8H17N/c1-11(2)10(14)4-6-3-7(12)8(13)5-9(6)15-11;9-7-6-8-4-2-1-3-5-8/h3,5,10,14H,4,12-13H2,1-2H3;8H,1-7,9H2. The van der Waals surface area contributed by atoms with E-state index in [4.69, 9.17) is 21.9 Å². The van der Waals surface area contributed by atoms with Gasteiger partial charge in [-0.3, -0.25) is 0 Å². The molecule has 0 bridgehead atoms. The summed E-state index contributed by atoms with van der Waals surface area (Å²) in [5.74, 6) is 1.70. The second kappa shape index (κ2) is 8.08. The summed E-state index contributed by atoms with van der Waals surface area (Å²) in [6.45, 7) is 4.60. The van der Waals surface area contributed by atoms with E-state index in [1.165, 1.54) is 38.5 Å². The maximum absolute atomic E-state index is 9.85. The molecule has 0 spiro atoms. The lowest BCUT2D eigenvalue weighted by molar-refractivity contribution is -0.0410. The third-order valence-electron chi connectivity index (χ3n) is 5.15. The first kappa shape index (κ1) is 18.9. The lowest BCUT2D eigenvalue weighted by Gasteiger charge is -2.37. The van der Waals surface area contributed by atoms with Crippen LogP contribution in [0, 0.1) is 5.92 Å². The van der Waals surface area contributed by atoms with E-state index >= 15 is 0 Å². The van der Waals surface area contributed by atoms with Crippen molar-refractivity contribution in [1.82, 2.24) is 0 Å². The highest BCUT2D eigenvalue weighted by atomic mass is 16.5. The maximum atomic E-state index is 9.85. The molecule has 2 aliphatic rings. The van der Waals surface area contributed by atoms with Crippen LogP contribution in [-0.4, -0.2) is 23.4 Å². The fourth-order valence-corrected chi connectivity index (χ4v) is 3.43. The van der Waals surface area contributed by atoms with Crippen molar-refractivity contribution in [2.75, 3.05) is 18.0 Å². The summed E-state index contributed by atoms with van der Waals surface area (Å²) in [7, 11) is 0. The average molecular weight is 335 g/mol. The van der Waals surface area contributed by atoms with E-state index < -0.39 is 11.7 Å². The molecule has 136 valence electrons. The molecule has 0 radical (unpaired) electrons. The Morgan fingerprint density at radius 1 is 1.12 bits per heavy atom. The molecule has 3 rings (SSSR count). The SMILES string of the molecule is CC1(C)Oc2cc(N)c(N)cc2CC1O.NCCC1CCCCC1. The number of rotatable bonds is 2. The van der Waals surface area contributed by atoms with Gasteiger partial charge in [0, 0.05) is 12.5 Å². The predicted octanol–water partition coefficient (Wildman–Crippen LogP) is 2.84. The molecule has 1 saturated carbocycles. The van der Waals surface area contributed by atoms with Gasteiger partial charge in [0.2, 0.25) is 0 Å². The van der Waals surface area contributed by atoms with Gasteiger partial charge < -0.3 is 27.0 Å². The Bertz CT molecular complexity index is 537. The monoisotopic (exact) mass is 335 g/mol. The van der Waals surface area contributed by atoms with Crippen LogP contribution in [0.5, 0.6) is 5.75 Å². The topological polar surface area (TPSA) is 108 Å². The lowest BCUT2D eigenvalue weighted by Crippen LogP contribution is -2.46. The van der Waals surface area contributed by atoms with Crippen LogP contribution in [0.1, 0.15) is 57.9 Å². The van der Waals surface area contributed by atoms with E-state index in [9.17, 15) is 5.11 Å². The summed E-state index contributed by atoms with van der Waals surface area (Å²) in [6, 6.07) is 3.49. The summed E-state index contributed by atoms with van der Waals surface area (Å²) >= 11 is 0. The zero-order chi connectivity index (χ0) is 17.7. The zero-order valence-electron chi connectivity index (χ0n) is 15.1. The second-order valence-corrected chi connectivity index (χ2v) is 7.60. The number of hydrogen-bond donors (Lipinski definition) is 4. The number of ether oxygens (including phenoxy) is 1. The van der Waals surface area contributed by atoms with Gasteiger partial charge in [-0.2, -0.15) is 0 Å². The van der Waals surface area contributed by atoms with E-state index in [-0.39, 0.29) is 0 Å². The van der Waals surface area contributed by atoms with Gasteiger partial charge in [0.05, 0.1) is 17.5 Å². The molecule has 0 amide bonds. The Kier molecular flexibility index (Phi) is 6.35. The number of fused-ring (bicyclic) bond motifs is 1. The highest BCUT2D eigenvalue weighted by Crippen LogP contribution is 2.36. The van der Waals surface area contributed by atoms with Crippen molar-refractivity contribution in [2.45, 2.75) is 70.5 Å². The van der Waals surface area contributed by atoms with Gasteiger partial charge in [0.15, 0.2) is 0 Å². The molecule has 0 saturated heterocycles. The average Bonchev–Trinajstić information content (AvgIpc) is 2.53.